The van der Waals surface area contributed by atoms with Gasteiger partial charge in [-0.05, 0) is 63.1 Å². The van der Waals surface area contributed by atoms with Crippen molar-refractivity contribution in [1.82, 2.24) is 9.88 Å². The van der Waals surface area contributed by atoms with Crippen LogP contribution in [0.4, 0.5) is 5.69 Å². The first-order valence-corrected chi connectivity index (χ1v) is 9.86. The summed E-state index contributed by atoms with van der Waals surface area (Å²) in [6.45, 7) is 5.43. The fourth-order valence-electron chi connectivity index (χ4n) is 3.22. The smallest absolute Gasteiger partial charge is 0.272 e. The van der Waals surface area contributed by atoms with Gasteiger partial charge in [-0.3, -0.25) is 14.6 Å². The lowest BCUT2D eigenvalue weighted by atomic mass is 10.2. The van der Waals surface area contributed by atoms with Crippen LogP contribution in [-0.4, -0.2) is 40.9 Å². The Kier molecular flexibility index (Phi) is 6.63. The van der Waals surface area contributed by atoms with Gasteiger partial charge in [-0.25, -0.2) is 0 Å². The van der Waals surface area contributed by atoms with Crippen molar-refractivity contribution in [1.29, 1.82) is 0 Å². The van der Waals surface area contributed by atoms with Crippen molar-refractivity contribution in [2.24, 2.45) is 0 Å². The van der Waals surface area contributed by atoms with Gasteiger partial charge in [0.25, 0.3) is 11.8 Å². The Balaban J connectivity index is 1.67. The van der Waals surface area contributed by atoms with Gasteiger partial charge in [-0.2, -0.15) is 0 Å². The molecule has 28 heavy (non-hydrogen) atoms. The zero-order valence-electron chi connectivity index (χ0n) is 16.5. The van der Waals surface area contributed by atoms with E-state index in [2.05, 4.69) is 10.3 Å². The number of carbonyl (C=O) groups excluding carboxylic acids is 2. The molecule has 1 aliphatic rings. The molecular weight excluding hydrogens is 354 g/mol. The second-order valence-corrected chi connectivity index (χ2v) is 7.28. The van der Waals surface area contributed by atoms with Crippen molar-refractivity contribution in [3.05, 3.63) is 53.9 Å². The second-order valence-electron chi connectivity index (χ2n) is 7.28. The number of aromatic nitrogens is 1. The Labute approximate surface area is 165 Å². The molecule has 1 saturated heterocycles. The summed E-state index contributed by atoms with van der Waals surface area (Å²) in [7, 11) is 0. The number of likely N-dealkylation sites (tertiary alicyclic amines) is 1. The molecule has 3 rings (SSSR count). The maximum Gasteiger partial charge on any atom is 0.272 e. The minimum Gasteiger partial charge on any atom is -0.491 e. The lowest BCUT2D eigenvalue weighted by molar-refractivity contribution is 0.0755. The van der Waals surface area contributed by atoms with E-state index < -0.39 is 0 Å². The maximum atomic E-state index is 12.7. The van der Waals surface area contributed by atoms with Gasteiger partial charge < -0.3 is 15.0 Å². The van der Waals surface area contributed by atoms with E-state index in [1.54, 1.807) is 24.3 Å². The Morgan fingerprint density at radius 3 is 2.36 bits per heavy atom. The quantitative estimate of drug-likeness (QED) is 0.845. The van der Waals surface area contributed by atoms with Crippen molar-refractivity contribution >= 4 is 17.5 Å². The van der Waals surface area contributed by atoms with Crippen LogP contribution in [0, 0.1) is 0 Å². The number of nitrogens with one attached hydrogen (secondary N) is 1. The fraction of sp³-hybridized carbons (Fsp3) is 0.409. The van der Waals surface area contributed by atoms with Crippen molar-refractivity contribution in [2.45, 2.75) is 45.6 Å². The summed E-state index contributed by atoms with van der Waals surface area (Å²) >= 11 is 0. The van der Waals surface area contributed by atoms with Crippen LogP contribution >= 0.6 is 0 Å². The number of benzene rings is 1. The highest BCUT2D eigenvalue weighted by Crippen LogP contribution is 2.18. The van der Waals surface area contributed by atoms with E-state index in [0.29, 0.717) is 16.9 Å². The molecule has 0 bridgehead atoms. The van der Waals surface area contributed by atoms with Crippen LogP contribution in [0.15, 0.2) is 42.6 Å². The van der Waals surface area contributed by atoms with Gasteiger partial charge >= 0.3 is 0 Å². The Bertz CT molecular complexity index is 810. The molecule has 1 aliphatic heterocycles. The Morgan fingerprint density at radius 1 is 1.04 bits per heavy atom. The van der Waals surface area contributed by atoms with Gasteiger partial charge in [0.1, 0.15) is 11.4 Å². The number of ether oxygens (including phenoxy) is 1. The van der Waals surface area contributed by atoms with Gasteiger partial charge in [-0.1, -0.05) is 12.8 Å². The molecule has 0 saturated carbocycles. The first-order valence-electron chi connectivity index (χ1n) is 9.86. The molecule has 0 unspecified atom stereocenters. The van der Waals surface area contributed by atoms with Crippen LogP contribution in [-0.2, 0) is 0 Å². The molecular formula is C22H27N3O3. The fourth-order valence-corrected chi connectivity index (χ4v) is 3.22. The molecule has 2 aromatic rings. The zero-order valence-corrected chi connectivity index (χ0v) is 16.5. The number of rotatable bonds is 5. The van der Waals surface area contributed by atoms with Gasteiger partial charge in [0.05, 0.1) is 6.10 Å². The SMILES string of the molecule is CC(C)Oc1ccc(NC(=O)c2ccnc(C(=O)N3CCCCCC3)c2)cc1. The summed E-state index contributed by atoms with van der Waals surface area (Å²) in [6.07, 6.45) is 5.95. The third-order valence-electron chi connectivity index (χ3n) is 4.62. The monoisotopic (exact) mass is 381 g/mol. The van der Waals surface area contributed by atoms with E-state index in [4.69, 9.17) is 4.74 Å². The maximum absolute atomic E-state index is 12.7. The molecule has 2 heterocycles. The zero-order chi connectivity index (χ0) is 19.9. The Morgan fingerprint density at radius 2 is 1.71 bits per heavy atom. The van der Waals surface area contributed by atoms with Crippen molar-refractivity contribution < 1.29 is 14.3 Å². The predicted molar refractivity (Wildman–Crippen MR) is 109 cm³/mol. The van der Waals surface area contributed by atoms with E-state index in [9.17, 15) is 9.59 Å². The van der Waals surface area contributed by atoms with Crippen molar-refractivity contribution in [2.75, 3.05) is 18.4 Å². The van der Waals surface area contributed by atoms with Crippen LogP contribution in [0.25, 0.3) is 0 Å². The lowest BCUT2D eigenvalue weighted by Crippen LogP contribution is -2.32. The highest BCUT2D eigenvalue weighted by atomic mass is 16.5. The predicted octanol–water partition coefficient (Wildman–Crippen LogP) is 4.14. The van der Waals surface area contributed by atoms with Gasteiger partial charge in [0.15, 0.2) is 0 Å². The molecule has 1 N–H and O–H groups in total. The highest BCUT2D eigenvalue weighted by Gasteiger charge is 2.19. The minimum atomic E-state index is -0.273. The van der Waals surface area contributed by atoms with E-state index >= 15 is 0 Å². The van der Waals surface area contributed by atoms with Gasteiger partial charge in [0.2, 0.25) is 0 Å². The van der Waals surface area contributed by atoms with Gasteiger partial charge in [-0.15, -0.1) is 0 Å². The molecule has 1 aromatic carbocycles. The summed E-state index contributed by atoms with van der Waals surface area (Å²) in [5.74, 6) is 0.374. The van der Waals surface area contributed by atoms with Crippen LogP contribution in [0.5, 0.6) is 5.75 Å². The molecule has 0 radical (unpaired) electrons. The third-order valence-corrected chi connectivity index (χ3v) is 4.62. The van der Waals surface area contributed by atoms with Crippen LogP contribution in [0.1, 0.15) is 60.4 Å². The van der Waals surface area contributed by atoms with E-state index in [0.717, 1.165) is 44.5 Å². The Hall–Kier alpha value is -2.89. The summed E-state index contributed by atoms with van der Waals surface area (Å²) in [6, 6.07) is 10.4. The number of hydrogen-bond acceptors (Lipinski definition) is 4. The average molecular weight is 381 g/mol. The summed E-state index contributed by atoms with van der Waals surface area (Å²) in [5, 5.41) is 2.85. The number of nitrogens with zero attached hydrogens (tertiary/aromatic N) is 2. The van der Waals surface area contributed by atoms with Crippen molar-refractivity contribution in [3.8, 4) is 5.75 Å². The van der Waals surface area contributed by atoms with Crippen LogP contribution in [0.3, 0.4) is 0 Å². The number of anilines is 1. The molecule has 148 valence electrons. The molecule has 0 spiro atoms. The second kappa shape index (κ2) is 9.35. The number of carbonyl (C=O) groups is 2. The number of hydrogen-bond donors (Lipinski definition) is 1. The molecule has 2 amide bonds. The molecule has 1 aromatic heterocycles. The van der Waals surface area contributed by atoms with Gasteiger partial charge in [0, 0.05) is 30.5 Å². The highest BCUT2D eigenvalue weighted by molar-refractivity contribution is 6.05. The summed E-state index contributed by atoms with van der Waals surface area (Å²) < 4.78 is 5.60. The molecule has 0 atom stereocenters. The van der Waals surface area contributed by atoms with E-state index in [-0.39, 0.29) is 17.9 Å². The number of pyridine rings is 1. The first-order chi connectivity index (χ1) is 13.5. The molecule has 6 heteroatoms. The van der Waals surface area contributed by atoms with E-state index in [1.165, 1.54) is 6.20 Å². The topological polar surface area (TPSA) is 71.5 Å². The first kappa shape index (κ1) is 19.9. The van der Waals surface area contributed by atoms with Crippen molar-refractivity contribution in [3.63, 3.8) is 0 Å². The third kappa shape index (κ3) is 5.31. The molecule has 0 aliphatic carbocycles. The lowest BCUT2D eigenvalue weighted by Gasteiger charge is -2.19. The molecule has 6 nitrogen and oxygen atoms in total. The normalized spacial score (nSPS) is 14.5. The van der Waals surface area contributed by atoms with Crippen LogP contribution < -0.4 is 10.1 Å². The minimum absolute atomic E-state index is 0.0948. The summed E-state index contributed by atoms with van der Waals surface area (Å²) in [4.78, 5) is 31.3. The van der Waals surface area contributed by atoms with E-state index in [1.807, 2.05) is 30.9 Å². The summed E-state index contributed by atoms with van der Waals surface area (Å²) in [5.41, 5.74) is 1.39. The molecule has 1 fully saturated rings. The largest absolute Gasteiger partial charge is 0.491 e. The van der Waals surface area contributed by atoms with Crippen LogP contribution in [0.2, 0.25) is 0 Å². The number of amides is 2. The average Bonchev–Trinajstić information content (AvgIpc) is 2.98. The standard InChI is InChI=1S/C22H27N3O3/c1-16(2)28-19-9-7-18(8-10-19)24-21(26)17-11-12-23-20(15-17)22(27)25-13-5-3-4-6-14-25/h7-12,15-16H,3-6,13-14H2,1-2H3,(H,24,26).